The number of hydrogen-bond donors (Lipinski definition) is 0. The Hall–Kier alpha value is -0.635. The van der Waals surface area contributed by atoms with E-state index >= 15 is 0 Å². The summed E-state index contributed by atoms with van der Waals surface area (Å²) in [4.78, 5) is 34.9. The number of ether oxygens (including phenoxy) is 6. The zero-order chi connectivity index (χ0) is 43.1. The normalized spacial score (nSPS) is 17.1. The van der Waals surface area contributed by atoms with Gasteiger partial charge in [0.05, 0.1) is 64.4 Å². The summed E-state index contributed by atoms with van der Waals surface area (Å²) in [5, 5.41) is 11.6. The molecular formula is C40H52BN2Na3O14P2+. The molecule has 4 rings (SSSR count). The Balaban J connectivity index is 0.00000641. The second-order valence-electron chi connectivity index (χ2n) is 13.5. The van der Waals surface area contributed by atoms with Crippen molar-refractivity contribution in [1.29, 1.82) is 0 Å². The first-order valence-corrected chi connectivity index (χ1v) is 22.7. The molecule has 0 bridgehead atoms. The molecular weight excluding hydrogens is 874 g/mol. The number of aryl methyl sites for hydroxylation is 2. The largest absolute Gasteiger partial charge is 1.00 e. The number of carboxylic acid groups (broad SMARTS) is 1. The van der Waals surface area contributed by atoms with Gasteiger partial charge in [0.2, 0.25) is 6.61 Å². The number of aromatic carboxylic acids is 1. The summed E-state index contributed by atoms with van der Waals surface area (Å²) >= 11 is 0. The van der Waals surface area contributed by atoms with Crippen LogP contribution in [0.25, 0.3) is 5.57 Å². The van der Waals surface area contributed by atoms with E-state index in [-0.39, 0.29) is 174 Å². The molecule has 2 unspecified atom stereocenters. The van der Waals surface area contributed by atoms with E-state index in [4.69, 9.17) is 28.4 Å². The van der Waals surface area contributed by atoms with Gasteiger partial charge < -0.3 is 70.5 Å². The minimum atomic E-state index is -4.01. The van der Waals surface area contributed by atoms with Crippen molar-refractivity contribution in [3.8, 4) is 23.5 Å². The number of carboxylic acids is 1. The van der Waals surface area contributed by atoms with Crippen molar-refractivity contribution in [2.45, 2.75) is 41.5 Å². The fourth-order valence-corrected chi connectivity index (χ4v) is 8.55. The molecule has 3 heterocycles. The average molecular weight is 927 g/mol. The summed E-state index contributed by atoms with van der Waals surface area (Å²) in [6.07, 6.45) is -1.18. The Morgan fingerprint density at radius 3 is 1.89 bits per heavy atom. The summed E-state index contributed by atoms with van der Waals surface area (Å²) in [6, 6.07) is 8.73. The molecule has 0 saturated heterocycles. The molecule has 0 amide bonds. The molecule has 22 heteroatoms. The van der Waals surface area contributed by atoms with Crippen molar-refractivity contribution in [1.82, 2.24) is 4.48 Å². The van der Waals surface area contributed by atoms with Crippen LogP contribution < -0.4 is 104 Å². The van der Waals surface area contributed by atoms with E-state index < -0.39 is 40.3 Å². The van der Waals surface area contributed by atoms with Gasteiger partial charge in [0, 0.05) is 24.3 Å². The summed E-state index contributed by atoms with van der Waals surface area (Å²) in [7, 11) is -8.03. The Kier molecular flexibility index (Phi) is 28.0. The third-order valence-electron chi connectivity index (χ3n) is 9.06. The molecule has 62 heavy (non-hydrogen) atoms. The van der Waals surface area contributed by atoms with E-state index in [0.717, 1.165) is 45.1 Å². The van der Waals surface area contributed by atoms with E-state index in [1.54, 1.807) is 26.0 Å². The molecule has 0 spiro atoms. The van der Waals surface area contributed by atoms with Crippen LogP contribution in [0.15, 0.2) is 47.7 Å². The molecule has 0 aliphatic carbocycles. The molecule has 2 aliphatic rings. The summed E-state index contributed by atoms with van der Waals surface area (Å²) in [5.74, 6) is 12.2. The third kappa shape index (κ3) is 16.9. The van der Waals surface area contributed by atoms with Gasteiger partial charge in [-0.05, 0) is 69.0 Å². The second kappa shape index (κ2) is 29.2. The number of aromatic nitrogens is 1. The molecule has 321 valence electrons. The molecule has 1 aromatic heterocycles. The van der Waals surface area contributed by atoms with Crippen LogP contribution in [0.4, 0.5) is 0 Å². The van der Waals surface area contributed by atoms with E-state index in [2.05, 4.69) is 53.6 Å². The van der Waals surface area contributed by atoms with Gasteiger partial charge in [-0.15, -0.1) is 10.7 Å². The number of nitrogens with zero attached hydrogens (tertiary/aromatic N) is 2. The number of carbonyl (C=O) groups is 1. The predicted octanol–water partition coefficient (Wildman–Crippen LogP) is -6.74. The monoisotopic (exact) mass is 926 g/mol. The van der Waals surface area contributed by atoms with Crippen LogP contribution in [0, 0.1) is 37.3 Å². The zero-order valence-electron chi connectivity index (χ0n) is 37.4. The fourth-order valence-electron chi connectivity index (χ4n) is 6.91. The summed E-state index contributed by atoms with van der Waals surface area (Å²) < 4.78 is 69.8. The van der Waals surface area contributed by atoms with Crippen LogP contribution in [-0.2, 0) is 46.6 Å². The van der Waals surface area contributed by atoms with Crippen LogP contribution in [0.5, 0.6) is 0 Å². The van der Waals surface area contributed by atoms with E-state index in [0.29, 0.717) is 0 Å². The molecule has 1 radical (unpaired) electrons. The van der Waals surface area contributed by atoms with Gasteiger partial charge in [-0.3, -0.25) is 0 Å². The van der Waals surface area contributed by atoms with Crippen molar-refractivity contribution >= 4 is 38.9 Å². The third-order valence-corrected chi connectivity index (χ3v) is 11.4. The molecule has 0 N–H and O–H groups in total. The molecule has 16 nitrogen and oxygen atoms in total. The number of allylic oxidation sites excluding steroid dienone is 2. The van der Waals surface area contributed by atoms with E-state index in [9.17, 15) is 28.8 Å². The van der Waals surface area contributed by atoms with Gasteiger partial charge in [0.1, 0.15) is 31.6 Å². The molecule has 2 atom stereocenters. The van der Waals surface area contributed by atoms with Crippen molar-refractivity contribution < 1.29 is 159 Å². The SMILES string of the molecule is CCOP(=O)([O-])COCCOCCOCC#C[B-]1(C#CC[O+]CCOCCOCP(=O)([O-])OCC)n2c(C)cc(C)c2C(c2ccc(C(=O)[O-])cc2)=C2C(C)=CC(C)=[N+]21.[Na+].[Na+].[Na+]. The Bertz CT molecular complexity index is 2060. The summed E-state index contributed by atoms with van der Waals surface area (Å²) in [5.41, 5.74) is 7.42. The van der Waals surface area contributed by atoms with Crippen LogP contribution >= 0.6 is 15.2 Å². The van der Waals surface area contributed by atoms with Gasteiger partial charge in [-0.25, -0.2) is 0 Å². The predicted molar refractivity (Wildman–Crippen MR) is 215 cm³/mol. The Morgan fingerprint density at radius 1 is 0.790 bits per heavy atom. The molecule has 2 aromatic rings. The minimum Gasteiger partial charge on any atom is -0.777 e. The average Bonchev–Trinajstić information content (AvgIpc) is 3.65. The van der Waals surface area contributed by atoms with Crippen molar-refractivity contribution in [2.24, 2.45) is 0 Å². The number of rotatable bonds is 24. The van der Waals surface area contributed by atoms with E-state index in [1.165, 1.54) is 12.1 Å². The van der Waals surface area contributed by atoms with Gasteiger partial charge in [-0.2, -0.15) is 11.6 Å². The Labute approximate surface area is 431 Å². The smallest absolute Gasteiger partial charge is 0.777 e. The quantitative estimate of drug-likeness (QED) is 0.0316. The number of carbonyl (C=O) groups excluding carboxylic acids is 1. The van der Waals surface area contributed by atoms with Gasteiger partial charge in [0.25, 0.3) is 6.61 Å². The van der Waals surface area contributed by atoms with Gasteiger partial charge in [-0.1, -0.05) is 24.3 Å². The number of fused-ring (bicyclic) bond motifs is 2. The van der Waals surface area contributed by atoms with Gasteiger partial charge >= 0.3 is 95.1 Å². The maximum atomic E-state index is 11.6. The molecule has 0 fully saturated rings. The standard InChI is InChI=1S/C40H55BN2O14P2.3Na/c1-7-56-58(46,47)29-54-25-23-52-21-19-50-17-9-15-41(16-10-18-51-20-22-53-24-26-55-30-59(48,49)57-8-2)42-33(5)27-31(3)38(42)37(39-32(4)28-34(6)43(39)41)35-11-13-36(14-12-35)40(44)45;;;/h11-14,27-28H,7-8,17-26,29-30H2,1-6H3,(H,44,45)(H,46,47)(H,48,49);;;/q4*+1/p-3. The van der Waals surface area contributed by atoms with Gasteiger partial charge in [0.15, 0.2) is 20.9 Å². The second-order valence-corrected chi connectivity index (χ2v) is 17.0. The molecule has 0 saturated carbocycles. The van der Waals surface area contributed by atoms with Crippen LogP contribution in [0.2, 0.25) is 0 Å². The van der Waals surface area contributed by atoms with Crippen LogP contribution in [0.3, 0.4) is 0 Å². The number of benzene rings is 1. The first-order valence-electron chi connectivity index (χ1n) is 19.3. The molecule has 1 aromatic carbocycles. The first-order chi connectivity index (χ1) is 28.2. The van der Waals surface area contributed by atoms with Crippen molar-refractivity contribution in [2.75, 3.05) is 92.0 Å². The van der Waals surface area contributed by atoms with Crippen LogP contribution in [0.1, 0.15) is 60.6 Å². The fraction of sp³-hybridized carbons (Fsp3) is 0.500. The van der Waals surface area contributed by atoms with Crippen molar-refractivity contribution in [3.05, 3.63) is 75.8 Å². The zero-order valence-corrected chi connectivity index (χ0v) is 45.2. The maximum Gasteiger partial charge on any atom is 1.00 e. The maximum absolute atomic E-state index is 11.6. The Morgan fingerprint density at radius 2 is 1.32 bits per heavy atom. The summed E-state index contributed by atoms with van der Waals surface area (Å²) in [6.45, 7) is 12.9. The van der Waals surface area contributed by atoms with Crippen LogP contribution in [-0.4, -0.2) is 119 Å². The first kappa shape index (κ1) is 59.4. The topological polar surface area (TPSA) is 204 Å². The number of hydrogen-bond acceptors (Lipinski definition) is 14. The molecule has 2 aliphatic heterocycles. The minimum absolute atomic E-state index is 0. The van der Waals surface area contributed by atoms with E-state index in [1.807, 2.05) is 27.7 Å². The van der Waals surface area contributed by atoms with Crippen molar-refractivity contribution in [3.63, 3.8) is 0 Å².